The largest absolute Gasteiger partial charge is 0.449 e. The smallest absolute Gasteiger partial charge is 0.338 e. The SMILES string of the molecule is CCNC(=O)[C@H](C)OC(=O)c1cccc(S(=O)(=O)N2CCCc3ccccc32)c1. The first-order valence-electron chi connectivity index (χ1n) is 9.54. The van der Waals surface area contributed by atoms with Crippen LogP contribution < -0.4 is 9.62 Å². The zero-order chi connectivity index (χ0) is 21.0. The van der Waals surface area contributed by atoms with Gasteiger partial charge in [0.25, 0.3) is 15.9 Å². The van der Waals surface area contributed by atoms with Crippen molar-refractivity contribution in [2.24, 2.45) is 0 Å². The molecule has 0 fully saturated rings. The first kappa shape index (κ1) is 20.9. The number of rotatable bonds is 6. The molecule has 0 unspecified atom stereocenters. The van der Waals surface area contributed by atoms with E-state index in [2.05, 4.69) is 5.32 Å². The minimum atomic E-state index is -3.84. The Labute approximate surface area is 170 Å². The first-order valence-corrected chi connectivity index (χ1v) is 11.0. The van der Waals surface area contributed by atoms with Gasteiger partial charge in [0.1, 0.15) is 0 Å². The highest BCUT2D eigenvalue weighted by atomic mass is 32.2. The lowest BCUT2D eigenvalue weighted by Crippen LogP contribution is -2.36. The molecule has 7 nitrogen and oxygen atoms in total. The maximum Gasteiger partial charge on any atom is 0.338 e. The molecule has 0 spiro atoms. The second-order valence-corrected chi connectivity index (χ2v) is 8.64. The maximum atomic E-state index is 13.3. The molecule has 154 valence electrons. The number of carbonyl (C=O) groups excluding carboxylic acids is 2. The van der Waals surface area contributed by atoms with Gasteiger partial charge in [-0.25, -0.2) is 13.2 Å². The number of sulfonamides is 1. The molecule has 2 aromatic rings. The van der Waals surface area contributed by atoms with Crippen LogP contribution in [0.5, 0.6) is 0 Å². The molecule has 1 aliphatic heterocycles. The van der Waals surface area contributed by atoms with Crippen molar-refractivity contribution in [1.82, 2.24) is 5.32 Å². The molecule has 29 heavy (non-hydrogen) atoms. The highest BCUT2D eigenvalue weighted by molar-refractivity contribution is 7.92. The summed E-state index contributed by atoms with van der Waals surface area (Å²) in [5, 5.41) is 2.57. The summed E-state index contributed by atoms with van der Waals surface area (Å²) in [6, 6.07) is 13.1. The highest BCUT2D eigenvalue weighted by Crippen LogP contribution is 2.32. The summed E-state index contributed by atoms with van der Waals surface area (Å²) in [5.74, 6) is -1.16. The minimum absolute atomic E-state index is 0.00863. The predicted molar refractivity (Wildman–Crippen MR) is 109 cm³/mol. The number of para-hydroxylation sites is 1. The van der Waals surface area contributed by atoms with E-state index in [1.807, 2.05) is 18.2 Å². The van der Waals surface area contributed by atoms with Crippen molar-refractivity contribution in [2.45, 2.75) is 37.7 Å². The fraction of sp³-hybridized carbons (Fsp3) is 0.333. The third kappa shape index (κ3) is 4.42. The number of benzene rings is 2. The Morgan fingerprint density at radius 2 is 1.93 bits per heavy atom. The van der Waals surface area contributed by atoms with Crippen molar-refractivity contribution >= 4 is 27.6 Å². The van der Waals surface area contributed by atoms with Crippen molar-refractivity contribution in [3.05, 3.63) is 59.7 Å². The lowest BCUT2D eigenvalue weighted by molar-refractivity contribution is -0.128. The van der Waals surface area contributed by atoms with Crippen molar-refractivity contribution in [2.75, 3.05) is 17.4 Å². The number of esters is 1. The van der Waals surface area contributed by atoms with E-state index in [0.717, 1.165) is 18.4 Å². The summed E-state index contributed by atoms with van der Waals surface area (Å²) in [7, 11) is -3.84. The number of hydrogen-bond acceptors (Lipinski definition) is 5. The molecule has 0 aromatic heterocycles. The Balaban J connectivity index is 1.86. The van der Waals surface area contributed by atoms with Crippen molar-refractivity contribution in [3.63, 3.8) is 0 Å². The van der Waals surface area contributed by atoms with Gasteiger partial charge in [-0.05, 0) is 56.5 Å². The van der Waals surface area contributed by atoms with Gasteiger partial charge in [-0.2, -0.15) is 0 Å². The Morgan fingerprint density at radius 3 is 2.69 bits per heavy atom. The van der Waals surface area contributed by atoms with Crippen LogP contribution in [0, 0.1) is 0 Å². The molecule has 1 heterocycles. The van der Waals surface area contributed by atoms with E-state index in [9.17, 15) is 18.0 Å². The number of anilines is 1. The van der Waals surface area contributed by atoms with Crippen LogP contribution in [0.1, 0.15) is 36.2 Å². The van der Waals surface area contributed by atoms with Gasteiger partial charge < -0.3 is 10.1 Å². The Morgan fingerprint density at radius 1 is 1.17 bits per heavy atom. The third-order valence-corrected chi connectivity index (χ3v) is 6.54. The van der Waals surface area contributed by atoms with Gasteiger partial charge in [-0.3, -0.25) is 9.10 Å². The van der Waals surface area contributed by atoms with Gasteiger partial charge in [-0.15, -0.1) is 0 Å². The molecule has 0 bridgehead atoms. The summed E-state index contributed by atoms with van der Waals surface area (Å²) < 4.78 is 33.0. The van der Waals surface area contributed by atoms with E-state index in [0.29, 0.717) is 18.8 Å². The van der Waals surface area contributed by atoms with Crippen molar-refractivity contribution < 1.29 is 22.7 Å². The van der Waals surface area contributed by atoms with E-state index in [1.54, 1.807) is 13.0 Å². The zero-order valence-electron chi connectivity index (χ0n) is 16.4. The minimum Gasteiger partial charge on any atom is -0.449 e. The number of carbonyl (C=O) groups is 2. The molecule has 0 saturated heterocycles. The van der Waals surface area contributed by atoms with Crippen LogP contribution >= 0.6 is 0 Å². The number of aryl methyl sites for hydroxylation is 1. The molecule has 8 heteroatoms. The number of fused-ring (bicyclic) bond motifs is 1. The van der Waals surface area contributed by atoms with E-state index < -0.39 is 28.0 Å². The summed E-state index contributed by atoms with van der Waals surface area (Å²) in [4.78, 5) is 24.2. The van der Waals surface area contributed by atoms with Crippen LogP contribution in [-0.2, 0) is 26.0 Å². The fourth-order valence-corrected chi connectivity index (χ4v) is 4.85. The number of amides is 1. The number of nitrogens with zero attached hydrogens (tertiary/aromatic N) is 1. The summed E-state index contributed by atoms with van der Waals surface area (Å²) >= 11 is 0. The lowest BCUT2D eigenvalue weighted by Gasteiger charge is -2.30. The number of ether oxygens (including phenoxy) is 1. The van der Waals surface area contributed by atoms with Crippen LogP contribution in [0.4, 0.5) is 5.69 Å². The molecule has 1 amide bonds. The lowest BCUT2D eigenvalue weighted by atomic mass is 10.0. The van der Waals surface area contributed by atoms with Crippen LogP contribution in [0.3, 0.4) is 0 Å². The molecule has 2 aromatic carbocycles. The van der Waals surface area contributed by atoms with Crippen LogP contribution in [0.15, 0.2) is 53.4 Å². The molecular weight excluding hydrogens is 392 g/mol. The van der Waals surface area contributed by atoms with E-state index in [4.69, 9.17) is 4.74 Å². The average molecular weight is 416 g/mol. The number of likely N-dealkylation sites (N-methyl/N-ethyl adjacent to an activating group) is 1. The standard InChI is InChI=1S/C21H24N2O5S/c1-3-22-20(24)15(2)28-21(25)17-9-6-11-18(14-17)29(26,27)23-13-7-10-16-8-4-5-12-19(16)23/h4-6,8-9,11-12,14-15H,3,7,10,13H2,1-2H3,(H,22,24)/t15-/m0/s1. The summed E-state index contributed by atoms with van der Waals surface area (Å²) in [5.41, 5.74) is 1.72. The third-order valence-electron chi connectivity index (χ3n) is 4.73. The Hall–Kier alpha value is -2.87. The maximum absolute atomic E-state index is 13.3. The topological polar surface area (TPSA) is 92.8 Å². The fourth-order valence-electron chi connectivity index (χ4n) is 3.26. The molecule has 0 saturated carbocycles. The molecule has 3 rings (SSSR count). The van der Waals surface area contributed by atoms with Gasteiger partial charge in [0.15, 0.2) is 6.10 Å². The Bertz CT molecular complexity index is 1020. The van der Waals surface area contributed by atoms with E-state index in [-0.39, 0.29) is 10.5 Å². The van der Waals surface area contributed by atoms with Crippen molar-refractivity contribution in [1.29, 1.82) is 0 Å². The molecular formula is C21H24N2O5S. The number of hydrogen-bond donors (Lipinski definition) is 1. The summed E-state index contributed by atoms with van der Waals surface area (Å²) in [6.45, 7) is 4.03. The highest BCUT2D eigenvalue weighted by Gasteiger charge is 2.29. The number of nitrogens with one attached hydrogen (secondary N) is 1. The zero-order valence-corrected chi connectivity index (χ0v) is 17.2. The van der Waals surface area contributed by atoms with E-state index >= 15 is 0 Å². The molecule has 1 N–H and O–H groups in total. The van der Waals surface area contributed by atoms with Gasteiger partial charge in [0.2, 0.25) is 0 Å². The normalized spacial score (nSPS) is 14.6. The quantitative estimate of drug-likeness (QED) is 0.731. The van der Waals surface area contributed by atoms with Gasteiger partial charge in [0, 0.05) is 13.1 Å². The average Bonchev–Trinajstić information content (AvgIpc) is 2.73. The molecule has 0 aliphatic carbocycles. The molecule has 1 atom stereocenters. The van der Waals surface area contributed by atoms with Gasteiger partial charge in [0.05, 0.1) is 16.1 Å². The van der Waals surface area contributed by atoms with Crippen LogP contribution in [0.25, 0.3) is 0 Å². The van der Waals surface area contributed by atoms with Gasteiger partial charge in [-0.1, -0.05) is 24.3 Å². The van der Waals surface area contributed by atoms with Crippen molar-refractivity contribution in [3.8, 4) is 0 Å². The van der Waals surface area contributed by atoms with Crippen LogP contribution in [0.2, 0.25) is 0 Å². The molecule has 0 radical (unpaired) electrons. The second-order valence-electron chi connectivity index (χ2n) is 6.78. The summed E-state index contributed by atoms with van der Waals surface area (Å²) in [6.07, 6.45) is 0.575. The molecule has 1 aliphatic rings. The predicted octanol–water partition coefficient (Wildman–Crippen LogP) is 2.51. The second kappa shape index (κ2) is 8.65. The first-order chi connectivity index (χ1) is 13.8. The van der Waals surface area contributed by atoms with Crippen LogP contribution in [-0.4, -0.2) is 39.5 Å². The van der Waals surface area contributed by atoms with E-state index in [1.165, 1.54) is 35.5 Å². The Kier molecular flexibility index (Phi) is 6.22. The monoisotopic (exact) mass is 416 g/mol. The van der Waals surface area contributed by atoms with Gasteiger partial charge >= 0.3 is 5.97 Å².